The summed E-state index contributed by atoms with van der Waals surface area (Å²) in [5.74, 6) is 0.183. The van der Waals surface area contributed by atoms with Gasteiger partial charge in [-0.3, -0.25) is 4.79 Å². The molecule has 2 aliphatic heterocycles. The van der Waals surface area contributed by atoms with Crippen molar-refractivity contribution in [1.29, 1.82) is 0 Å². The van der Waals surface area contributed by atoms with Crippen LogP contribution in [0.4, 0.5) is 0 Å². The quantitative estimate of drug-likeness (QED) is 0.837. The Hall–Kier alpha value is -0.610. The molecule has 2 aliphatic rings. The standard InChI is InChI=1S/C17H21Cl2NO2/c18-14-4-3-12(10-15(14)19)16(21)17(5-7-20-8-6-17)11-13-2-1-9-22-13/h3-4,10,13,20H,1-2,5-9,11H2. The molecule has 1 atom stereocenters. The number of hydrogen-bond acceptors (Lipinski definition) is 3. The maximum atomic E-state index is 13.2. The van der Waals surface area contributed by atoms with Crippen molar-refractivity contribution in [3.05, 3.63) is 33.8 Å². The number of hydrogen-bond donors (Lipinski definition) is 1. The van der Waals surface area contributed by atoms with E-state index in [2.05, 4.69) is 5.32 Å². The third kappa shape index (κ3) is 3.33. The average Bonchev–Trinajstić information content (AvgIpc) is 3.03. The molecule has 0 spiro atoms. The summed E-state index contributed by atoms with van der Waals surface area (Å²) in [4.78, 5) is 13.2. The van der Waals surface area contributed by atoms with Crippen LogP contribution in [0.25, 0.3) is 0 Å². The predicted molar refractivity (Wildman–Crippen MR) is 88.9 cm³/mol. The smallest absolute Gasteiger partial charge is 0.169 e. The van der Waals surface area contributed by atoms with Crippen molar-refractivity contribution in [1.82, 2.24) is 5.32 Å². The van der Waals surface area contributed by atoms with Gasteiger partial charge in [-0.25, -0.2) is 0 Å². The van der Waals surface area contributed by atoms with E-state index in [-0.39, 0.29) is 17.3 Å². The second-order valence-electron chi connectivity index (χ2n) is 6.33. The predicted octanol–water partition coefficient (Wildman–Crippen LogP) is 4.12. The number of rotatable bonds is 4. The molecule has 2 saturated heterocycles. The lowest BCUT2D eigenvalue weighted by Crippen LogP contribution is -2.44. The van der Waals surface area contributed by atoms with E-state index in [1.54, 1.807) is 18.2 Å². The van der Waals surface area contributed by atoms with Crippen LogP contribution in [0.1, 0.15) is 42.5 Å². The molecule has 120 valence electrons. The SMILES string of the molecule is O=C(c1ccc(Cl)c(Cl)c1)C1(CC2CCCO2)CCNCC1. The van der Waals surface area contributed by atoms with Crippen LogP contribution in [0.2, 0.25) is 10.0 Å². The van der Waals surface area contributed by atoms with Crippen molar-refractivity contribution in [3.63, 3.8) is 0 Å². The molecule has 1 N–H and O–H groups in total. The van der Waals surface area contributed by atoms with Gasteiger partial charge in [0.05, 0.1) is 16.1 Å². The van der Waals surface area contributed by atoms with Gasteiger partial charge in [0, 0.05) is 17.6 Å². The van der Waals surface area contributed by atoms with Crippen molar-refractivity contribution in [2.75, 3.05) is 19.7 Å². The molecule has 0 amide bonds. The zero-order valence-corrected chi connectivity index (χ0v) is 14.1. The van der Waals surface area contributed by atoms with Crippen LogP contribution in [0.15, 0.2) is 18.2 Å². The Balaban J connectivity index is 1.86. The summed E-state index contributed by atoms with van der Waals surface area (Å²) in [5, 5.41) is 4.27. The number of nitrogens with one attached hydrogen (secondary N) is 1. The van der Waals surface area contributed by atoms with Gasteiger partial charge in [-0.2, -0.15) is 0 Å². The van der Waals surface area contributed by atoms with E-state index in [0.717, 1.165) is 51.8 Å². The van der Waals surface area contributed by atoms with Gasteiger partial charge in [0.1, 0.15) is 0 Å². The molecule has 5 heteroatoms. The Morgan fingerprint density at radius 3 is 2.68 bits per heavy atom. The van der Waals surface area contributed by atoms with Crippen LogP contribution in [0, 0.1) is 5.41 Å². The minimum Gasteiger partial charge on any atom is -0.378 e. The van der Waals surface area contributed by atoms with Crippen molar-refractivity contribution in [2.45, 2.75) is 38.2 Å². The van der Waals surface area contributed by atoms with Crippen molar-refractivity contribution in [3.8, 4) is 0 Å². The fraction of sp³-hybridized carbons (Fsp3) is 0.588. The second-order valence-corrected chi connectivity index (χ2v) is 7.14. The van der Waals surface area contributed by atoms with Gasteiger partial charge in [0.15, 0.2) is 5.78 Å². The van der Waals surface area contributed by atoms with Crippen LogP contribution in [-0.4, -0.2) is 31.6 Å². The van der Waals surface area contributed by atoms with E-state index < -0.39 is 0 Å². The van der Waals surface area contributed by atoms with Crippen LogP contribution < -0.4 is 5.32 Å². The maximum Gasteiger partial charge on any atom is 0.169 e. The minimum atomic E-state index is -0.336. The maximum absolute atomic E-state index is 13.2. The first-order valence-electron chi connectivity index (χ1n) is 7.93. The molecule has 1 aromatic carbocycles. The zero-order chi connectivity index (χ0) is 15.6. The third-order valence-corrected chi connectivity index (χ3v) is 5.61. The van der Waals surface area contributed by atoms with Crippen LogP contribution in [-0.2, 0) is 4.74 Å². The van der Waals surface area contributed by atoms with Gasteiger partial charge in [-0.1, -0.05) is 23.2 Å². The Morgan fingerprint density at radius 2 is 2.05 bits per heavy atom. The molecule has 3 nitrogen and oxygen atoms in total. The Morgan fingerprint density at radius 1 is 1.27 bits per heavy atom. The lowest BCUT2D eigenvalue weighted by molar-refractivity contribution is 0.0385. The van der Waals surface area contributed by atoms with Crippen molar-refractivity contribution < 1.29 is 9.53 Å². The van der Waals surface area contributed by atoms with Gasteiger partial charge >= 0.3 is 0 Å². The highest BCUT2D eigenvalue weighted by Crippen LogP contribution is 2.40. The highest BCUT2D eigenvalue weighted by molar-refractivity contribution is 6.42. The number of ketones is 1. The van der Waals surface area contributed by atoms with Crippen LogP contribution in [0.5, 0.6) is 0 Å². The van der Waals surface area contributed by atoms with Gasteiger partial charge in [-0.15, -0.1) is 0 Å². The van der Waals surface area contributed by atoms with Crippen molar-refractivity contribution >= 4 is 29.0 Å². The topological polar surface area (TPSA) is 38.3 Å². The first-order chi connectivity index (χ1) is 10.6. The van der Waals surface area contributed by atoms with Gasteiger partial charge in [0.2, 0.25) is 0 Å². The molecule has 1 aromatic rings. The van der Waals surface area contributed by atoms with E-state index in [0.29, 0.717) is 15.6 Å². The average molecular weight is 342 g/mol. The number of benzene rings is 1. The summed E-state index contributed by atoms with van der Waals surface area (Å²) in [6.45, 7) is 2.57. The number of ether oxygens (including phenoxy) is 1. The first kappa shape index (κ1) is 16.3. The van der Waals surface area contributed by atoms with Crippen LogP contribution >= 0.6 is 23.2 Å². The molecular formula is C17H21Cl2NO2. The Bertz CT molecular complexity index is 550. The summed E-state index contributed by atoms with van der Waals surface area (Å²) in [6, 6.07) is 5.19. The summed E-state index contributed by atoms with van der Waals surface area (Å²) < 4.78 is 5.79. The monoisotopic (exact) mass is 341 g/mol. The van der Waals surface area contributed by atoms with Crippen molar-refractivity contribution in [2.24, 2.45) is 5.41 Å². The van der Waals surface area contributed by atoms with Gasteiger partial charge < -0.3 is 10.1 Å². The van der Waals surface area contributed by atoms with E-state index in [1.807, 2.05) is 0 Å². The largest absolute Gasteiger partial charge is 0.378 e. The summed E-state index contributed by atoms with van der Waals surface area (Å²) in [5.41, 5.74) is 0.325. The first-order valence-corrected chi connectivity index (χ1v) is 8.68. The van der Waals surface area contributed by atoms with E-state index in [1.165, 1.54) is 0 Å². The van der Waals surface area contributed by atoms with E-state index in [9.17, 15) is 4.79 Å². The minimum absolute atomic E-state index is 0.183. The molecule has 2 heterocycles. The molecule has 1 unspecified atom stereocenters. The highest BCUT2D eigenvalue weighted by Gasteiger charge is 2.42. The molecule has 0 radical (unpaired) electrons. The lowest BCUT2D eigenvalue weighted by Gasteiger charge is -2.38. The lowest BCUT2D eigenvalue weighted by atomic mass is 9.69. The number of carbonyl (C=O) groups excluding carboxylic acids is 1. The molecule has 22 heavy (non-hydrogen) atoms. The summed E-state index contributed by atoms with van der Waals surface area (Å²) in [6.07, 6.45) is 4.89. The summed E-state index contributed by atoms with van der Waals surface area (Å²) in [7, 11) is 0. The number of Topliss-reactive ketones (excluding diaryl/α,β-unsaturated/α-hetero) is 1. The number of carbonyl (C=O) groups is 1. The molecule has 0 saturated carbocycles. The highest BCUT2D eigenvalue weighted by atomic mass is 35.5. The molecule has 0 aromatic heterocycles. The fourth-order valence-electron chi connectivity index (χ4n) is 3.61. The molecule has 2 fully saturated rings. The number of piperidine rings is 1. The summed E-state index contributed by atoms with van der Waals surface area (Å²) >= 11 is 12.1. The Labute approximate surface area is 141 Å². The van der Waals surface area contributed by atoms with E-state index >= 15 is 0 Å². The molecule has 0 aliphatic carbocycles. The van der Waals surface area contributed by atoms with Gasteiger partial charge in [-0.05, 0) is 63.4 Å². The molecule has 0 bridgehead atoms. The molecular weight excluding hydrogens is 321 g/mol. The third-order valence-electron chi connectivity index (χ3n) is 4.87. The number of halogens is 2. The molecule has 3 rings (SSSR count). The van der Waals surface area contributed by atoms with Crippen LogP contribution in [0.3, 0.4) is 0 Å². The zero-order valence-electron chi connectivity index (χ0n) is 12.5. The second kappa shape index (κ2) is 6.88. The Kier molecular flexibility index (Phi) is 5.08. The normalized spacial score (nSPS) is 24.4. The van der Waals surface area contributed by atoms with Gasteiger partial charge in [0.25, 0.3) is 0 Å². The fourth-order valence-corrected chi connectivity index (χ4v) is 3.91. The van der Waals surface area contributed by atoms with E-state index in [4.69, 9.17) is 27.9 Å².